The quantitative estimate of drug-likeness (QED) is 0.605. The molecule has 100 valence electrons. The van der Waals surface area contributed by atoms with Gasteiger partial charge in [-0.05, 0) is 41.8 Å². The van der Waals surface area contributed by atoms with Gasteiger partial charge in [0, 0.05) is 16.0 Å². The fourth-order valence-corrected chi connectivity index (χ4v) is 2.58. The topological polar surface area (TPSA) is 0 Å². The molecule has 0 amide bonds. The first-order valence-corrected chi connectivity index (χ1v) is 7.47. The summed E-state index contributed by atoms with van der Waals surface area (Å²) in [4.78, 5) is 0. The van der Waals surface area contributed by atoms with E-state index < -0.39 is 0 Å². The number of hydrogen-bond acceptors (Lipinski definition) is 0. The Bertz CT molecular complexity index is 454. The summed E-state index contributed by atoms with van der Waals surface area (Å²) >= 11 is 11.9. The number of hydrogen-bond donors (Lipinski definition) is 0. The lowest BCUT2D eigenvalue weighted by atomic mass is 9.87. The van der Waals surface area contributed by atoms with E-state index in [1.807, 2.05) is 24.3 Å². The van der Waals surface area contributed by atoms with Crippen molar-refractivity contribution in [2.45, 2.75) is 32.1 Å². The van der Waals surface area contributed by atoms with Gasteiger partial charge < -0.3 is 0 Å². The molecule has 0 heterocycles. The van der Waals surface area contributed by atoms with Crippen molar-refractivity contribution in [3.63, 3.8) is 0 Å². The second kappa shape index (κ2) is 6.98. The van der Waals surface area contributed by atoms with Gasteiger partial charge in [0.05, 0.1) is 0 Å². The molecule has 0 unspecified atom stereocenters. The van der Waals surface area contributed by atoms with E-state index in [0.717, 1.165) is 16.5 Å². The molecule has 0 saturated carbocycles. The molecule has 0 bridgehead atoms. The maximum atomic E-state index is 5.97. The summed E-state index contributed by atoms with van der Waals surface area (Å²) in [6, 6.07) is 16.3. The molecular formula is C17H18Cl2. The Kier molecular flexibility index (Phi) is 5.30. The molecule has 2 rings (SSSR count). The van der Waals surface area contributed by atoms with Crippen LogP contribution in [0.4, 0.5) is 0 Å². The Morgan fingerprint density at radius 1 is 0.789 bits per heavy atom. The van der Waals surface area contributed by atoms with Crippen molar-refractivity contribution in [1.82, 2.24) is 0 Å². The zero-order valence-electron chi connectivity index (χ0n) is 11.1. The predicted octanol–water partition coefficient (Wildman–Crippen LogP) is 6.32. The van der Waals surface area contributed by atoms with Gasteiger partial charge in [-0.2, -0.15) is 0 Å². The molecule has 0 nitrogen and oxygen atoms in total. The van der Waals surface area contributed by atoms with Gasteiger partial charge in [-0.1, -0.05) is 67.2 Å². The van der Waals surface area contributed by atoms with Crippen LogP contribution in [0.1, 0.15) is 43.2 Å². The SMILES string of the molecule is CCCCC(c1ccc(Cl)cc1)c1ccc(Cl)cc1. The van der Waals surface area contributed by atoms with Crippen LogP contribution in [-0.4, -0.2) is 0 Å². The number of benzene rings is 2. The second-order valence-electron chi connectivity index (χ2n) is 4.80. The maximum absolute atomic E-state index is 5.97. The molecule has 0 aliphatic heterocycles. The average Bonchev–Trinajstić information content (AvgIpc) is 2.43. The normalized spacial score (nSPS) is 10.9. The van der Waals surface area contributed by atoms with Crippen molar-refractivity contribution < 1.29 is 0 Å². The molecule has 0 spiro atoms. The Balaban J connectivity index is 2.29. The lowest BCUT2D eigenvalue weighted by Gasteiger charge is -2.18. The molecule has 0 aromatic heterocycles. The first kappa shape index (κ1) is 14.4. The molecule has 2 heteroatoms. The van der Waals surface area contributed by atoms with Gasteiger partial charge in [-0.3, -0.25) is 0 Å². The van der Waals surface area contributed by atoms with E-state index >= 15 is 0 Å². The number of rotatable bonds is 5. The zero-order valence-corrected chi connectivity index (χ0v) is 12.6. The van der Waals surface area contributed by atoms with E-state index in [0.29, 0.717) is 5.92 Å². The number of halogens is 2. The van der Waals surface area contributed by atoms with Gasteiger partial charge in [0.25, 0.3) is 0 Å². The molecule has 0 aliphatic rings. The van der Waals surface area contributed by atoms with Crippen molar-refractivity contribution in [1.29, 1.82) is 0 Å². The van der Waals surface area contributed by atoms with Gasteiger partial charge >= 0.3 is 0 Å². The zero-order chi connectivity index (χ0) is 13.7. The van der Waals surface area contributed by atoms with Crippen molar-refractivity contribution in [3.8, 4) is 0 Å². The number of unbranched alkanes of at least 4 members (excludes halogenated alkanes) is 1. The highest BCUT2D eigenvalue weighted by Gasteiger charge is 2.13. The largest absolute Gasteiger partial charge is 0.0843 e. The van der Waals surface area contributed by atoms with Gasteiger partial charge in [0.15, 0.2) is 0 Å². The molecule has 0 atom stereocenters. The van der Waals surface area contributed by atoms with E-state index in [4.69, 9.17) is 23.2 Å². The van der Waals surface area contributed by atoms with Crippen LogP contribution in [0.2, 0.25) is 10.0 Å². The molecule has 2 aromatic carbocycles. The van der Waals surface area contributed by atoms with Crippen LogP contribution in [0.15, 0.2) is 48.5 Å². The second-order valence-corrected chi connectivity index (χ2v) is 5.67. The minimum absolute atomic E-state index is 0.425. The monoisotopic (exact) mass is 292 g/mol. The molecular weight excluding hydrogens is 275 g/mol. The van der Waals surface area contributed by atoms with Gasteiger partial charge in [0.2, 0.25) is 0 Å². The third-order valence-corrected chi connectivity index (χ3v) is 3.90. The highest BCUT2D eigenvalue weighted by Crippen LogP contribution is 2.31. The van der Waals surface area contributed by atoms with E-state index in [1.54, 1.807) is 0 Å². The summed E-state index contributed by atoms with van der Waals surface area (Å²) < 4.78 is 0. The molecule has 0 aliphatic carbocycles. The van der Waals surface area contributed by atoms with Crippen molar-refractivity contribution >= 4 is 23.2 Å². The molecule has 0 radical (unpaired) electrons. The lowest BCUT2D eigenvalue weighted by Crippen LogP contribution is -2.01. The van der Waals surface area contributed by atoms with E-state index in [-0.39, 0.29) is 0 Å². The Hall–Kier alpha value is -0.980. The average molecular weight is 293 g/mol. The maximum Gasteiger partial charge on any atom is 0.0406 e. The van der Waals surface area contributed by atoms with Gasteiger partial charge in [-0.15, -0.1) is 0 Å². The summed E-state index contributed by atoms with van der Waals surface area (Å²) in [5.74, 6) is 0.425. The fraction of sp³-hybridized carbons (Fsp3) is 0.294. The molecule has 0 saturated heterocycles. The van der Waals surface area contributed by atoms with Crippen LogP contribution in [0.25, 0.3) is 0 Å². The first-order chi connectivity index (χ1) is 9.20. The highest BCUT2D eigenvalue weighted by atomic mass is 35.5. The van der Waals surface area contributed by atoms with Gasteiger partial charge in [0.1, 0.15) is 0 Å². The van der Waals surface area contributed by atoms with Crippen LogP contribution in [0.5, 0.6) is 0 Å². The molecule has 2 aromatic rings. The third kappa shape index (κ3) is 3.99. The Labute approximate surface area is 125 Å². The van der Waals surface area contributed by atoms with E-state index in [1.165, 1.54) is 24.0 Å². The van der Waals surface area contributed by atoms with E-state index in [9.17, 15) is 0 Å². The molecule has 0 N–H and O–H groups in total. The predicted molar refractivity (Wildman–Crippen MR) is 84.3 cm³/mol. The van der Waals surface area contributed by atoms with Crippen LogP contribution in [0, 0.1) is 0 Å². The van der Waals surface area contributed by atoms with Crippen molar-refractivity contribution in [3.05, 3.63) is 69.7 Å². The summed E-state index contributed by atoms with van der Waals surface area (Å²) in [7, 11) is 0. The Morgan fingerprint density at radius 3 is 1.58 bits per heavy atom. The lowest BCUT2D eigenvalue weighted by molar-refractivity contribution is 0.650. The minimum atomic E-state index is 0.425. The van der Waals surface area contributed by atoms with Crippen LogP contribution >= 0.6 is 23.2 Å². The minimum Gasteiger partial charge on any atom is -0.0843 e. The summed E-state index contributed by atoms with van der Waals surface area (Å²) in [5.41, 5.74) is 2.64. The van der Waals surface area contributed by atoms with Crippen LogP contribution in [-0.2, 0) is 0 Å². The van der Waals surface area contributed by atoms with Crippen LogP contribution in [0.3, 0.4) is 0 Å². The smallest absolute Gasteiger partial charge is 0.0406 e. The van der Waals surface area contributed by atoms with Crippen molar-refractivity contribution in [2.75, 3.05) is 0 Å². The standard InChI is InChI=1S/C17H18Cl2/c1-2-3-4-17(13-5-9-15(18)10-6-13)14-7-11-16(19)12-8-14/h5-12,17H,2-4H2,1H3. The highest BCUT2D eigenvalue weighted by molar-refractivity contribution is 6.30. The van der Waals surface area contributed by atoms with Crippen molar-refractivity contribution in [2.24, 2.45) is 0 Å². The molecule has 19 heavy (non-hydrogen) atoms. The van der Waals surface area contributed by atoms with Gasteiger partial charge in [-0.25, -0.2) is 0 Å². The Morgan fingerprint density at radius 2 is 1.21 bits per heavy atom. The summed E-state index contributed by atoms with van der Waals surface area (Å²) in [6.45, 7) is 2.22. The summed E-state index contributed by atoms with van der Waals surface area (Å²) in [5, 5.41) is 1.57. The third-order valence-electron chi connectivity index (χ3n) is 3.39. The molecule has 0 fully saturated rings. The first-order valence-electron chi connectivity index (χ1n) is 6.71. The van der Waals surface area contributed by atoms with E-state index in [2.05, 4.69) is 31.2 Å². The van der Waals surface area contributed by atoms with Crippen LogP contribution < -0.4 is 0 Å². The fourth-order valence-electron chi connectivity index (χ4n) is 2.32. The summed E-state index contributed by atoms with van der Waals surface area (Å²) in [6.07, 6.45) is 3.58.